The van der Waals surface area contributed by atoms with E-state index in [4.69, 9.17) is 9.15 Å². The third-order valence-corrected chi connectivity index (χ3v) is 8.02. The van der Waals surface area contributed by atoms with Crippen molar-refractivity contribution < 1.29 is 23.8 Å². The molecule has 0 radical (unpaired) electrons. The third kappa shape index (κ3) is 4.22. The van der Waals surface area contributed by atoms with Crippen LogP contribution in [0.5, 0.6) is 0 Å². The minimum atomic E-state index is -0.959. The molecule has 4 aliphatic rings. The second-order valence-electron chi connectivity index (χ2n) is 10.4. The van der Waals surface area contributed by atoms with Gasteiger partial charge in [0, 0.05) is 47.4 Å². The summed E-state index contributed by atoms with van der Waals surface area (Å²) in [5, 5.41) is 11.9. The SMILES string of the molecule is CCC1CN(c2ccc3c(-c4ccccc4C(=O)O)c4ccc(=[N+]5CC(CC(=O)OC)C5)cc-4oc3c2)C1. The number of esters is 1. The average Bonchev–Trinajstić information content (AvgIpc) is 2.88. The van der Waals surface area contributed by atoms with Crippen LogP contribution in [-0.4, -0.2) is 50.3 Å². The molecule has 0 bridgehead atoms. The molecule has 1 N–H and O–H groups in total. The van der Waals surface area contributed by atoms with Crippen LogP contribution in [0, 0.1) is 11.8 Å². The summed E-state index contributed by atoms with van der Waals surface area (Å²) in [7, 11) is 1.42. The maximum Gasteiger partial charge on any atom is 0.336 e. The largest absolute Gasteiger partial charge is 0.478 e. The zero-order chi connectivity index (χ0) is 26.4. The van der Waals surface area contributed by atoms with Crippen molar-refractivity contribution in [3.8, 4) is 22.5 Å². The molecular formula is C31H31N2O5+. The number of hydrogen-bond acceptors (Lipinski definition) is 5. The molecule has 2 aromatic carbocycles. The van der Waals surface area contributed by atoms with Gasteiger partial charge >= 0.3 is 11.9 Å². The first kappa shape index (κ1) is 24.2. The molecule has 7 heteroatoms. The minimum absolute atomic E-state index is 0.181. The molecule has 1 aliphatic carbocycles. The number of carbonyl (C=O) groups excluding carboxylic acids is 1. The van der Waals surface area contributed by atoms with Gasteiger partial charge in [-0.1, -0.05) is 25.1 Å². The van der Waals surface area contributed by atoms with Gasteiger partial charge in [0.2, 0.25) is 5.36 Å². The summed E-state index contributed by atoms with van der Waals surface area (Å²) in [6, 6.07) is 19.5. The van der Waals surface area contributed by atoms with Crippen molar-refractivity contribution in [3.63, 3.8) is 0 Å². The molecule has 0 amide bonds. The van der Waals surface area contributed by atoms with E-state index in [1.807, 2.05) is 30.3 Å². The fourth-order valence-corrected chi connectivity index (χ4v) is 5.71. The third-order valence-electron chi connectivity index (χ3n) is 8.02. The maximum absolute atomic E-state index is 12.2. The number of methoxy groups -OCH3 is 1. The first-order valence-electron chi connectivity index (χ1n) is 13.2. The molecule has 0 unspecified atom stereocenters. The van der Waals surface area contributed by atoms with Gasteiger partial charge in [-0.25, -0.2) is 9.37 Å². The fraction of sp³-hybridized carbons (Fsp3) is 0.323. The van der Waals surface area contributed by atoms with Gasteiger partial charge in [-0.2, -0.15) is 0 Å². The number of hydrogen-bond donors (Lipinski definition) is 1. The quantitative estimate of drug-likeness (QED) is 0.229. The van der Waals surface area contributed by atoms with Crippen molar-refractivity contribution in [2.75, 3.05) is 38.2 Å². The average molecular weight is 512 g/mol. The van der Waals surface area contributed by atoms with Crippen molar-refractivity contribution >= 4 is 28.6 Å². The normalized spacial score (nSPS) is 17.4. The van der Waals surface area contributed by atoms with Crippen LogP contribution in [0.3, 0.4) is 0 Å². The Morgan fingerprint density at radius 2 is 1.82 bits per heavy atom. The van der Waals surface area contributed by atoms with E-state index in [2.05, 4.69) is 34.6 Å². The van der Waals surface area contributed by atoms with E-state index >= 15 is 0 Å². The molecule has 0 spiro atoms. The summed E-state index contributed by atoms with van der Waals surface area (Å²) in [6.45, 7) is 5.86. The summed E-state index contributed by atoms with van der Waals surface area (Å²) in [6.07, 6.45) is 1.60. The molecule has 3 heterocycles. The number of fused-ring (bicyclic) bond motifs is 2. The molecule has 7 nitrogen and oxygen atoms in total. The Kier molecular flexibility index (Phi) is 6.14. The van der Waals surface area contributed by atoms with Crippen molar-refractivity contribution in [2.45, 2.75) is 19.8 Å². The van der Waals surface area contributed by atoms with Crippen LogP contribution in [0.2, 0.25) is 0 Å². The van der Waals surface area contributed by atoms with Gasteiger partial charge < -0.3 is 19.2 Å². The number of benzene rings is 3. The number of ether oxygens (including phenoxy) is 1. The summed E-state index contributed by atoms with van der Waals surface area (Å²) in [5.41, 5.74) is 4.51. The zero-order valence-electron chi connectivity index (χ0n) is 21.6. The molecule has 2 aromatic rings. The molecule has 3 aliphatic heterocycles. The number of rotatable bonds is 6. The van der Waals surface area contributed by atoms with Crippen molar-refractivity contribution in [2.24, 2.45) is 11.8 Å². The Bertz CT molecular complexity index is 1590. The summed E-state index contributed by atoms with van der Waals surface area (Å²) in [5.74, 6) is 0.558. The Labute approximate surface area is 220 Å². The van der Waals surface area contributed by atoms with Gasteiger partial charge in [0.25, 0.3) is 0 Å². The summed E-state index contributed by atoms with van der Waals surface area (Å²) >= 11 is 0. The van der Waals surface area contributed by atoms with Crippen LogP contribution >= 0.6 is 0 Å². The maximum atomic E-state index is 12.2. The molecule has 194 valence electrons. The van der Waals surface area contributed by atoms with E-state index in [9.17, 15) is 14.7 Å². The molecule has 0 aromatic heterocycles. The molecule has 0 saturated carbocycles. The van der Waals surface area contributed by atoms with Crippen molar-refractivity contribution in [3.05, 3.63) is 71.6 Å². The highest BCUT2D eigenvalue weighted by atomic mass is 16.5. The minimum Gasteiger partial charge on any atom is -0.478 e. The van der Waals surface area contributed by atoms with Gasteiger partial charge in [0.15, 0.2) is 13.1 Å². The number of carboxylic acids is 1. The van der Waals surface area contributed by atoms with Crippen LogP contribution in [0.25, 0.3) is 33.4 Å². The van der Waals surface area contributed by atoms with Gasteiger partial charge in [0.1, 0.15) is 11.3 Å². The van der Waals surface area contributed by atoms with Gasteiger partial charge in [-0.05, 0) is 42.2 Å². The summed E-state index contributed by atoms with van der Waals surface area (Å²) in [4.78, 5) is 26.2. The number of carboxylic acid groups (broad SMARTS) is 1. The number of aromatic carboxylic acids is 1. The zero-order valence-corrected chi connectivity index (χ0v) is 21.6. The molecule has 0 atom stereocenters. The number of nitrogens with zero attached hydrogens (tertiary/aromatic N) is 2. The van der Waals surface area contributed by atoms with Crippen LogP contribution in [-0.2, 0) is 9.53 Å². The Morgan fingerprint density at radius 1 is 1.03 bits per heavy atom. The highest BCUT2D eigenvalue weighted by Gasteiger charge is 2.34. The van der Waals surface area contributed by atoms with Gasteiger partial charge in [0.05, 0.1) is 31.1 Å². The lowest BCUT2D eigenvalue weighted by Gasteiger charge is -2.40. The van der Waals surface area contributed by atoms with E-state index in [0.717, 1.165) is 65.2 Å². The Hall–Kier alpha value is -4.13. The van der Waals surface area contributed by atoms with Gasteiger partial charge in [-0.15, -0.1) is 0 Å². The Morgan fingerprint density at radius 3 is 2.55 bits per heavy atom. The molecule has 2 saturated heterocycles. The first-order valence-corrected chi connectivity index (χ1v) is 13.2. The smallest absolute Gasteiger partial charge is 0.336 e. The lowest BCUT2D eigenvalue weighted by atomic mass is 9.90. The van der Waals surface area contributed by atoms with Crippen molar-refractivity contribution in [1.29, 1.82) is 0 Å². The lowest BCUT2D eigenvalue weighted by Crippen LogP contribution is -2.49. The monoisotopic (exact) mass is 511 g/mol. The Balaban J connectivity index is 1.50. The van der Waals surface area contributed by atoms with Gasteiger partial charge in [-0.3, -0.25) is 4.79 Å². The lowest BCUT2D eigenvalue weighted by molar-refractivity contribution is -0.142. The molecule has 38 heavy (non-hydrogen) atoms. The molecule has 2 fully saturated rings. The highest BCUT2D eigenvalue weighted by Crippen LogP contribution is 2.42. The second kappa shape index (κ2) is 9.63. The van der Waals surface area contributed by atoms with E-state index in [0.29, 0.717) is 17.7 Å². The predicted octanol–water partition coefficient (Wildman–Crippen LogP) is 4.71. The molecular weight excluding hydrogens is 480 g/mol. The van der Waals surface area contributed by atoms with Crippen LogP contribution < -0.4 is 14.8 Å². The second-order valence-corrected chi connectivity index (χ2v) is 10.4. The van der Waals surface area contributed by atoms with E-state index in [1.165, 1.54) is 13.5 Å². The number of anilines is 1. The highest BCUT2D eigenvalue weighted by molar-refractivity contribution is 6.07. The van der Waals surface area contributed by atoms with Crippen LogP contribution in [0.1, 0.15) is 30.1 Å². The molecule has 6 rings (SSSR count). The first-order chi connectivity index (χ1) is 18.4. The fourth-order valence-electron chi connectivity index (χ4n) is 5.71. The van der Waals surface area contributed by atoms with Crippen LogP contribution in [0.15, 0.2) is 65.1 Å². The van der Waals surface area contributed by atoms with Crippen molar-refractivity contribution in [1.82, 2.24) is 4.58 Å². The topological polar surface area (TPSA) is 83.0 Å². The van der Waals surface area contributed by atoms with Crippen LogP contribution in [0.4, 0.5) is 5.69 Å². The van der Waals surface area contributed by atoms with E-state index in [-0.39, 0.29) is 17.5 Å². The standard InChI is InChI=1S/C31H30N2O5/c1-3-19-15-32(16-19)21-8-10-25-27(13-21)38-28-14-22(33-17-20(18-33)12-29(34)37-2)9-11-26(28)30(25)23-6-4-5-7-24(23)31(35)36/h4-11,13-14,19-20H,3,12,15-18H2,1-2H3/p+1. The summed E-state index contributed by atoms with van der Waals surface area (Å²) < 4.78 is 13.5. The predicted molar refractivity (Wildman–Crippen MR) is 146 cm³/mol. The number of carbonyl (C=O) groups is 2. The van der Waals surface area contributed by atoms with E-state index < -0.39 is 5.97 Å². The van der Waals surface area contributed by atoms with E-state index in [1.54, 1.807) is 12.1 Å².